The highest BCUT2D eigenvalue weighted by Crippen LogP contribution is 2.33. The van der Waals surface area contributed by atoms with E-state index in [1.807, 2.05) is 24.3 Å². The number of hydrogen-bond acceptors (Lipinski definition) is 3. The molecule has 0 radical (unpaired) electrons. The Balaban J connectivity index is 1.99. The maximum atomic E-state index is 10.1. The number of nitrogen functional groups attached to an aromatic ring is 1. The van der Waals surface area contributed by atoms with E-state index in [2.05, 4.69) is 30.4 Å². The number of hydrogen-bond donors (Lipinski definition) is 3. The number of aryl methyl sites for hydroxylation is 1. The molecule has 0 saturated carbocycles. The van der Waals surface area contributed by atoms with Crippen molar-refractivity contribution in [2.45, 2.75) is 25.8 Å². The van der Waals surface area contributed by atoms with E-state index in [0.29, 0.717) is 5.75 Å². The Hall–Kier alpha value is -2.26. The van der Waals surface area contributed by atoms with Crippen LogP contribution in [0.25, 0.3) is 5.57 Å². The van der Waals surface area contributed by atoms with Crippen molar-refractivity contribution in [3.63, 3.8) is 0 Å². The predicted molar refractivity (Wildman–Crippen MR) is 91.7 cm³/mol. The van der Waals surface area contributed by atoms with Crippen LogP contribution in [-0.4, -0.2) is 11.7 Å². The first kappa shape index (κ1) is 14.7. The maximum absolute atomic E-state index is 10.1. The number of phenols is 1. The average molecular weight is 294 g/mol. The second-order valence-electron chi connectivity index (χ2n) is 5.71. The SMILES string of the molecule is CCc1ccc(N)c(C2=CC(c3ccccc3O)NCC2)c1. The molecule has 0 bridgehead atoms. The largest absolute Gasteiger partial charge is 0.508 e. The van der Waals surface area contributed by atoms with Gasteiger partial charge in [-0.05, 0) is 42.2 Å². The Morgan fingerprint density at radius 2 is 2.05 bits per heavy atom. The van der Waals surface area contributed by atoms with Crippen LogP contribution in [0.4, 0.5) is 5.69 Å². The minimum atomic E-state index is 0.0228. The van der Waals surface area contributed by atoms with Gasteiger partial charge in [-0.1, -0.05) is 37.3 Å². The number of aromatic hydroxyl groups is 1. The summed E-state index contributed by atoms with van der Waals surface area (Å²) in [6.07, 6.45) is 4.13. The fourth-order valence-corrected chi connectivity index (χ4v) is 2.98. The lowest BCUT2D eigenvalue weighted by molar-refractivity contribution is 0.458. The molecule has 0 saturated heterocycles. The van der Waals surface area contributed by atoms with Gasteiger partial charge in [0.15, 0.2) is 0 Å². The first-order chi connectivity index (χ1) is 10.7. The van der Waals surface area contributed by atoms with Gasteiger partial charge in [-0.3, -0.25) is 0 Å². The Morgan fingerprint density at radius 1 is 1.23 bits per heavy atom. The molecule has 3 rings (SSSR count). The van der Waals surface area contributed by atoms with Crippen LogP contribution in [-0.2, 0) is 6.42 Å². The van der Waals surface area contributed by atoms with E-state index in [1.54, 1.807) is 6.07 Å². The van der Waals surface area contributed by atoms with Gasteiger partial charge in [0.05, 0.1) is 6.04 Å². The summed E-state index contributed by atoms with van der Waals surface area (Å²) in [6, 6.07) is 13.8. The van der Waals surface area contributed by atoms with E-state index in [-0.39, 0.29) is 6.04 Å². The molecule has 4 N–H and O–H groups in total. The molecular formula is C19H22N2O. The predicted octanol–water partition coefficient (Wildman–Crippen LogP) is 3.65. The zero-order valence-corrected chi connectivity index (χ0v) is 12.8. The van der Waals surface area contributed by atoms with Crippen molar-refractivity contribution in [3.8, 4) is 5.75 Å². The number of rotatable bonds is 3. The number of phenolic OH excluding ortho intramolecular Hbond substituents is 1. The summed E-state index contributed by atoms with van der Waals surface area (Å²) in [5.74, 6) is 0.327. The van der Waals surface area contributed by atoms with Gasteiger partial charge < -0.3 is 16.2 Å². The topological polar surface area (TPSA) is 58.3 Å². The zero-order valence-electron chi connectivity index (χ0n) is 12.8. The van der Waals surface area contributed by atoms with Crippen LogP contribution in [0.3, 0.4) is 0 Å². The number of benzene rings is 2. The van der Waals surface area contributed by atoms with Gasteiger partial charge in [-0.2, -0.15) is 0 Å². The normalized spacial score (nSPS) is 18.0. The molecule has 1 aliphatic rings. The molecule has 3 nitrogen and oxygen atoms in total. The summed E-state index contributed by atoms with van der Waals surface area (Å²) in [7, 11) is 0. The maximum Gasteiger partial charge on any atom is 0.120 e. The third kappa shape index (κ3) is 2.85. The fraction of sp³-hybridized carbons (Fsp3) is 0.263. The van der Waals surface area contributed by atoms with Crippen LogP contribution >= 0.6 is 0 Å². The van der Waals surface area contributed by atoms with Crippen molar-refractivity contribution < 1.29 is 5.11 Å². The minimum Gasteiger partial charge on any atom is -0.508 e. The van der Waals surface area contributed by atoms with Crippen molar-refractivity contribution in [1.82, 2.24) is 5.32 Å². The van der Waals surface area contributed by atoms with Crippen LogP contribution in [0.2, 0.25) is 0 Å². The van der Waals surface area contributed by atoms with E-state index in [1.165, 1.54) is 11.1 Å². The molecule has 0 fully saturated rings. The standard InChI is InChI=1S/C19H22N2O/c1-2-13-7-8-17(20)16(11-13)14-9-10-21-18(12-14)15-5-3-4-6-19(15)22/h3-8,11-12,18,21-22H,2,9-10,20H2,1H3. The molecule has 22 heavy (non-hydrogen) atoms. The van der Waals surface area contributed by atoms with E-state index in [4.69, 9.17) is 5.73 Å². The lowest BCUT2D eigenvalue weighted by Crippen LogP contribution is -2.25. The molecule has 0 aromatic heterocycles. The Bertz CT molecular complexity index is 706. The molecule has 1 heterocycles. The summed E-state index contributed by atoms with van der Waals surface area (Å²) >= 11 is 0. The van der Waals surface area contributed by atoms with Gasteiger partial charge in [-0.15, -0.1) is 0 Å². The van der Waals surface area contributed by atoms with E-state index < -0.39 is 0 Å². The van der Waals surface area contributed by atoms with E-state index in [0.717, 1.165) is 36.2 Å². The second-order valence-corrected chi connectivity index (χ2v) is 5.71. The zero-order chi connectivity index (χ0) is 15.5. The number of anilines is 1. The van der Waals surface area contributed by atoms with Crippen molar-refractivity contribution >= 4 is 11.3 Å². The van der Waals surface area contributed by atoms with Crippen LogP contribution in [0, 0.1) is 0 Å². The average Bonchev–Trinajstić information content (AvgIpc) is 2.56. The van der Waals surface area contributed by atoms with Crippen LogP contribution in [0.1, 0.15) is 36.1 Å². The van der Waals surface area contributed by atoms with Gasteiger partial charge in [0.2, 0.25) is 0 Å². The number of nitrogens with one attached hydrogen (secondary N) is 1. The first-order valence-corrected chi connectivity index (χ1v) is 7.79. The Labute approximate surface area is 131 Å². The molecule has 0 aliphatic carbocycles. The lowest BCUT2D eigenvalue weighted by Gasteiger charge is -2.25. The highest BCUT2D eigenvalue weighted by molar-refractivity contribution is 5.77. The molecule has 0 amide bonds. The quantitative estimate of drug-likeness (QED) is 0.757. The van der Waals surface area contributed by atoms with Gasteiger partial charge in [0.25, 0.3) is 0 Å². The smallest absolute Gasteiger partial charge is 0.120 e. The monoisotopic (exact) mass is 294 g/mol. The third-order valence-corrected chi connectivity index (χ3v) is 4.27. The molecule has 1 unspecified atom stereocenters. The first-order valence-electron chi connectivity index (χ1n) is 7.79. The van der Waals surface area contributed by atoms with Crippen molar-refractivity contribution in [2.75, 3.05) is 12.3 Å². The number of nitrogens with two attached hydrogens (primary N) is 1. The Kier molecular flexibility index (Phi) is 4.16. The molecular weight excluding hydrogens is 272 g/mol. The van der Waals surface area contributed by atoms with Gasteiger partial charge in [-0.25, -0.2) is 0 Å². The molecule has 3 heteroatoms. The highest BCUT2D eigenvalue weighted by Gasteiger charge is 2.19. The minimum absolute atomic E-state index is 0.0228. The van der Waals surface area contributed by atoms with E-state index in [9.17, 15) is 5.11 Å². The third-order valence-electron chi connectivity index (χ3n) is 4.27. The van der Waals surface area contributed by atoms with Crippen LogP contribution < -0.4 is 11.1 Å². The van der Waals surface area contributed by atoms with Crippen molar-refractivity contribution in [3.05, 3.63) is 65.2 Å². The lowest BCUT2D eigenvalue weighted by atomic mass is 9.91. The summed E-state index contributed by atoms with van der Waals surface area (Å²) in [5.41, 5.74) is 11.6. The molecule has 2 aromatic carbocycles. The highest BCUT2D eigenvalue weighted by atomic mass is 16.3. The molecule has 0 spiro atoms. The van der Waals surface area contributed by atoms with Gasteiger partial charge >= 0.3 is 0 Å². The molecule has 1 aliphatic heterocycles. The molecule has 1 atom stereocenters. The van der Waals surface area contributed by atoms with Gasteiger partial charge in [0, 0.05) is 23.4 Å². The molecule has 114 valence electrons. The summed E-state index contributed by atoms with van der Waals surface area (Å²) in [4.78, 5) is 0. The number of para-hydroxylation sites is 1. The fourth-order valence-electron chi connectivity index (χ4n) is 2.98. The Morgan fingerprint density at radius 3 is 2.82 bits per heavy atom. The summed E-state index contributed by atoms with van der Waals surface area (Å²) in [6.45, 7) is 3.03. The second kappa shape index (κ2) is 6.24. The van der Waals surface area contributed by atoms with Crippen molar-refractivity contribution in [1.29, 1.82) is 0 Å². The van der Waals surface area contributed by atoms with Crippen LogP contribution in [0.5, 0.6) is 5.75 Å². The molecule has 2 aromatic rings. The van der Waals surface area contributed by atoms with Gasteiger partial charge in [0.1, 0.15) is 5.75 Å². The summed E-state index contributed by atoms with van der Waals surface area (Å²) < 4.78 is 0. The van der Waals surface area contributed by atoms with E-state index >= 15 is 0 Å². The van der Waals surface area contributed by atoms with Crippen LogP contribution in [0.15, 0.2) is 48.5 Å². The van der Waals surface area contributed by atoms with Crippen molar-refractivity contribution in [2.24, 2.45) is 0 Å². The summed E-state index contributed by atoms with van der Waals surface area (Å²) in [5, 5.41) is 13.5.